The molecule has 18 heavy (non-hydrogen) atoms. The van der Waals surface area contributed by atoms with Gasteiger partial charge in [0.25, 0.3) is 5.91 Å². The molecule has 0 atom stereocenters. The zero-order chi connectivity index (χ0) is 12.1. The Bertz CT molecular complexity index is 396. The van der Waals surface area contributed by atoms with Crippen LogP contribution in [0, 0.1) is 0 Å². The first-order chi connectivity index (χ1) is 8.33. The molecule has 0 aliphatic carbocycles. The van der Waals surface area contributed by atoms with Gasteiger partial charge in [-0.1, -0.05) is 0 Å². The zero-order valence-corrected chi connectivity index (χ0v) is 12.0. The molecule has 0 saturated carbocycles. The maximum absolute atomic E-state index is 11.9. The number of H-pyrrole nitrogens is 1. The van der Waals surface area contributed by atoms with Crippen LogP contribution in [0.15, 0.2) is 0 Å². The van der Waals surface area contributed by atoms with E-state index in [4.69, 9.17) is 0 Å². The zero-order valence-electron chi connectivity index (χ0n) is 10.4. The summed E-state index contributed by atoms with van der Waals surface area (Å²) < 4.78 is 0. The van der Waals surface area contributed by atoms with E-state index in [0.717, 1.165) is 42.9 Å². The Kier molecular flexibility index (Phi) is 6.52. The topological polar surface area (TPSA) is 69.8 Å². The number of thioether (sulfide) groups is 1. The summed E-state index contributed by atoms with van der Waals surface area (Å²) in [5, 5.41) is 13.2. The number of aromatic amines is 1. The molecule has 0 unspecified atom stereocenters. The van der Waals surface area contributed by atoms with E-state index in [9.17, 15) is 4.79 Å². The quantitative estimate of drug-likeness (QED) is 0.707. The number of rotatable bonds is 5. The molecule has 3 N–H and O–H groups in total. The summed E-state index contributed by atoms with van der Waals surface area (Å²) in [6, 6.07) is 0. The molecule has 0 bridgehead atoms. The minimum atomic E-state index is -0.0627. The van der Waals surface area contributed by atoms with Gasteiger partial charge in [0, 0.05) is 37.3 Å². The van der Waals surface area contributed by atoms with Crippen LogP contribution in [0.25, 0.3) is 0 Å². The Morgan fingerprint density at radius 1 is 1.56 bits per heavy atom. The highest BCUT2D eigenvalue weighted by Crippen LogP contribution is 2.14. The molecule has 2 heterocycles. The Morgan fingerprint density at radius 2 is 2.39 bits per heavy atom. The van der Waals surface area contributed by atoms with Gasteiger partial charge in [0.2, 0.25) is 0 Å². The second-order valence-corrected chi connectivity index (χ2v) is 5.04. The molecule has 102 valence electrons. The summed E-state index contributed by atoms with van der Waals surface area (Å²) in [5.41, 5.74) is 2.67. The molecule has 2 rings (SSSR count). The molecule has 0 aromatic carbocycles. The molecule has 0 radical (unpaired) electrons. The number of amides is 1. The molecule has 7 heteroatoms. The molecule has 1 aromatic heterocycles. The van der Waals surface area contributed by atoms with E-state index in [0.29, 0.717) is 12.2 Å². The van der Waals surface area contributed by atoms with Crippen LogP contribution in [0.1, 0.15) is 28.2 Å². The average molecular weight is 291 g/mol. The van der Waals surface area contributed by atoms with E-state index in [2.05, 4.69) is 27.1 Å². The third kappa shape index (κ3) is 3.63. The van der Waals surface area contributed by atoms with Crippen molar-refractivity contribution in [2.75, 3.05) is 25.1 Å². The van der Waals surface area contributed by atoms with Crippen molar-refractivity contribution in [3.05, 3.63) is 17.0 Å². The van der Waals surface area contributed by atoms with Gasteiger partial charge >= 0.3 is 0 Å². The van der Waals surface area contributed by atoms with Crippen LogP contribution in [0.2, 0.25) is 0 Å². The molecule has 1 aliphatic rings. The van der Waals surface area contributed by atoms with Crippen LogP contribution in [-0.2, 0) is 13.0 Å². The fraction of sp³-hybridized carbons (Fsp3) is 0.636. The highest BCUT2D eigenvalue weighted by Gasteiger charge is 2.20. The third-order valence-corrected chi connectivity index (χ3v) is 3.53. The Hall–Kier alpha value is -0.720. The summed E-state index contributed by atoms with van der Waals surface area (Å²) in [6.07, 6.45) is 3.98. The maximum atomic E-state index is 11.9. The Balaban J connectivity index is 0.00000162. The normalized spacial score (nSPS) is 13.6. The van der Waals surface area contributed by atoms with Gasteiger partial charge in [-0.05, 0) is 18.4 Å². The van der Waals surface area contributed by atoms with Gasteiger partial charge in [0.1, 0.15) is 0 Å². The van der Waals surface area contributed by atoms with Crippen LogP contribution in [0.5, 0.6) is 0 Å². The second kappa shape index (κ2) is 7.66. The van der Waals surface area contributed by atoms with Gasteiger partial charge in [0.15, 0.2) is 5.69 Å². The molecule has 0 spiro atoms. The van der Waals surface area contributed by atoms with Crippen LogP contribution < -0.4 is 10.6 Å². The van der Waals surface area contributed by atoms with Crippen molar-refractivity contribution in [2.45, 2.75) is 19.4 Å². The molecule has 0 fully saturated rings. The summed E-state index contributed by atoms with van der Waals surface area (Å²) in [7, 11) is 0. The largest absolute Gasteiger partial charge is 0.351 e. The number of fused-ring (bicyclic) bond motifs is 1. The highest BCUT2D eigenvalue weighted by molar-refractivity contribution is 7.98. The van der Waals surface area contributed by atoms with Crippen LogP contribution in [0.3, 0.4) is 0 Å². The summed E-state index contributed by atoms with van der Waals surface area (Å²) in [5.74, 6) is 1.01. The van der Waals surface area contributed by atoms with Crippen LogP contribution in [-0.4, -0.2) is 41.2 Å². The standard InChI is InChI=1S/C11H18N4OS.ClH/c1-17-6-2-4-13-11(16)10-8-7-12-5-3-9(8)14-15-10;/h12H,2-7H2,1H3,(H,13,16)(H,14,15);1H. The van der Waals surface area contributed by atoms with E-state index < -0.39 is 0 Å². The predicted octanol–water partition coefficient (Wildman–Crippen LogP) is 0.960. The van der Waals surface area contributed by atoms with Crippen molar-refractivity contribution in [3.8, 4) is 0 Å². The number of hydrogen-bond donors (Lipinski definition) is 3. The number of carbonyl (C=O) groups excluding carboxylic acids is 1. The molecular weight excluding hydrogens is 272 g/mol. The monoisotopic (exact) mass is 290 g/mol. The number of aromatic nitrogens is 2. The van der Waals surface area contributed by atoms with E-state index in [1.54, 1.807) is 11.8 Å². The van der Waals surface area contributed by atoms with Gasteiger partial charge < -0.3 is 10.6 Å². The number of hydrogen-bond acceptors (Lipinski definition) is 4. The fourth-order valence-corrected chi connectivity index (χ4v) is 2.35. The van der Waals surface area contributed by atoms with Crippen molar-refractivity contribution in [1.82, 2.24) is 20.8 Å². The Morgan fingerprint density at radius 3 is 3.17 bits per heavy atom. The maximum Gasteiger partial charge on any atom is 0.272 e. The number of nitrogens with one attached hydrogen (secondary N) is 3. The number of nitrogens with zero attached hydrogens (tertiary/aromatic N) is 1. The van der Waals surface area contributed by atoms with Crippen molar-refractivity contribution in [3.63, 3.8) is 0 Å². The predicted molar refractivity (Wildman–Crippen MR) is 76.6 cm³/mol. The number of carbonyl (C=O) groups is 1. The van der Waals surface area contributed by atoms with Crippen molar-refractivity contribution >= 4 is 30.1 Å². The summed E-state index contributed by atoms with van der Waals surface area (Å²) >= 11 is 1.79. The lowest BCUT2D eigenvalue weighted by Gasteiger charge is -2.12. The number of halogens is 1. The van der Waals surface area contributed by atoms with Crippen molar-refractivity contribution < 1.29 is 4.79 Å². The van der Waals surface area contributed by atoms with Gasteiger partial charge in [0.05, 0.1) is 0 Å². The first-order valence-electron chi connectivity index (χ1n) is 5.87. The fourth-order valence-electron chi connectivity index (χ4n) is 1.92. The van der Waals surface area contributed by atoms with E-state index in [1.807, 2.05) is 0 Å². The van der Waals surface area contributed by atoms with Gasteiger partial charge in [-0.2, -0.15) is 16.9 Å². The summed E-state index contributed by atoms with van der Waals surface area (Å²) in [6.45, 7) is 2.40. The highest BCUT2D eigenvalue weighted by atomic mass is 35.5. The molecular formula is C11H19ClN4OS. The van der Waals surface area contributed by atoms with Crippen LogP contribution >= 0.6 is 24.2 Å². The minimum absolute atomic E-state index is 0. The molecule has 0 saturated heterocycles. The van der Waals surface area contributed by atoms with Crippen molar-refractivity contribution in [1.29, 1.82) is 0 Å². The molecule has 1 amide bonds. The van der Waals surface area contributed by atoms with Crippen LogP contribution in [0.4, 0.5) is 0 Å². The third-order valence-electron chi connectivity index (χ3n) is 2.83. The Labute approximate surface area is 117 Å². The van der Waals surface area contributed by atoms with E-state index >= 15 is 0 Å². The molecule has 1 aliphatic heterocycles. The second-order valence-electron chi connectivity index (χ2n) is 4.06. The van der Waals surface area contributed by atoms with E-state index in [1.165, 1.54) is 0 Å². The van der Waals surface area contributed by atoms with Gasteiger partial charge in [-0.15, -0.1) is 12.4 Å². The van der Waals surface area contributed by atoms with Crippen molar-refractivity contribution in [2.24, 2.45) is 0 Å². The molecule has 5 nitrogen and oxygen atoms in total. The average Bonchev–Trinajstić information content (AvgIpc) is 2.78. The first kappa shape index (κ1) is 15.3. The molecule has 1 aromatic rings. The van der Waals surface area contributed by atoms with Gasteiger partial charge in [-0.3, -0.25) is 9.89 Å². The lowest BCUT2D eigenvalue weighted by atomic mass is 10.1. The first-order valence-corrected chi connectivity index (χ1v) is 7.26. The lowest BCUT2D eigenvalue weighted by Crippen LogP contribution is -2.29. The lowest BCUT2D eigenvalue weighted by molar-refractivity contribution is 0.0947. The SMILES string of the molecule is CSCCCNC(=O)c1n[nH]c2c1CNCC2.Cl. The summed E-state index contributed by atoms with van der Waals surface area (Å²) in [4.78, 5) is 11.9. The smallest absolute Gasteiger partial charge is 0.272 e. The minimum Gasteiger partial charge on any atom is -0.351 e. The van der Waals surface area contributed by atoms with Gasteiger partial charge in [-0.25, -0.2) is 0 Å². The van der Waals surface area contributed by atoms with E-state index in [-0.39, 0.29) is 18.3 Å².